The van der Waals surface area contributed by atoms with Crippen molar-refractivity contribution >= 4 is 11.8 Å². The van der Waals surface area contributed by atoms with Gasteiger partial charge in [0.15, 0.2) is 0 Å². The third-order valence-corrected chi connectivity index (χ3v) is 3.58. The number of hydrogen-bond donors (Lipinski definition) is 2. The molecule has 118 valence electrons. The Balaban J connectivity index is 2.23. The molecule has 0 spiro atoms. The van der Waals surface area contributed by atoms with Crippen molar-refractivity contribution in [3.05, 3.63) is 17.3 Å². The van der Waals surface area contributed by atoms with Crippen molar-refractivity contribution in [2.75, 3.05) is 18.1 Å². The van der Waals surface area contributed by atoms with Crippen LogP contribution in [-0.2, 0) is 13.2 Å². The molecular weight excluding hydrogens is 297 g/mol. The first-order chi connectivity index (χ1) is 10.3. The largest absolute Gasteiger partial charge is 0.422 e. The summed E-state index contributed by atoms with van der Waals surface area (Å²) in [5.74, 6) is -0.233. The average molecular weight is 312 g/mol. The van der Waals surface area contributed by atoms with Gasteiger partial charge in [0.25, 0.3) is 0 Å². The highest BCUT2D eigenvalue weighted by Crippen LogP contribution is 2.43. The van der Waals surface area contributed by atoms with E-state index in [0.717, 1.165) is 18.5 Å². The number of nitrogens with zero attached hydrogens (tertiary/aromatic N) is 4. The molecule has 0 unspecified atom stereocenters. The first-order valence-corrected chi connectivity index (χ1v) is 6.78. The summed E-state index contributed by atoms with van der Waals surface area (Å²) in [7, 11) is 2.96. The first-order valence-electron chi connectivity index (χ1n) is 6.78. The standard InChI is InChI=1S/C13H15F3N6/c1-18-11-9(13(14,15)16)10(19-12(17)20-11)8-5-7(6-3-4-6)21-22(8)2/h5-6H,3-4H2,1-2H3,(H3,17,18,19,20). The van der Waals surface area contributed by atoms with Gasteiger partial charge in [0, 0.05) is 20.0 Å². The smallest absolute Gasteiger partial charge is 0.372 e. The van der Waals surface area contributed by atoms with Crippen LogP contribution >= 0.6 is 0 Å². The van der Waals surface area contributed by atoms with E-state index in [1.807, 2.05) is 0 Å². The van der Waals surface area contributed by atoms with Crippen LogP contribution in [0.3, 0.4) is 0 Å². The highest BCUT2D eigenvalue weighted by Gasteiger charge is 2.40. The minimum atomic E-state index is -4.61. The van der Waals surface area contributed by atoms with Gasteiger partial charge in [0.1, 0.15) is 17.1 Å². The maximum Gasteiger partial charge on any atom is 0.422 e. The molecule has 0 aromatic carbocycles. The Kier molecular flexibility index (Phi) is 3.22. The number of alkyl halides is 3. The zero-order valence-electron chi connectivity index (χ0n) is 12.1. The van der Waals surface area contributed by atoms with Crippen LogP contribution in [0.1, 0.15) is 30.0 Å². The van der Waals surface area contributed by atoms with Crippen LogP contribution in [0.4, 0.5) is 24.9 Å². The monoisotopic (exact) mass is 312 g/mol. The van der Waals surface area contributed by atoms with Gasteiger partial charge in [-0.3, -0.25) is 4.68 Å². The SMILES string of the molecule is CNc1nc(N)nc(-c2cc(C3CC3)nn2C)c1C(F)(F)F. The molecule has 0 radical (unpaired) electrons. The first kappa shape index (κ1) is 14.6. The molecule has 3 N–H and O–H groups in total. The summed E-state index contributed by atoms with van der Waals surface area (Å²) in [6, 6.07) is 1.65. The fourth-order valence-corrected chi connectivity index (χ4v) is 2.40. The Bertz CT molecular complexity index is 717. The lowest BCUT2D eigenvalue weighted by atomic mass is 10.1. The quantitative estimate of drug-likeness (QED) is 0.909. The predicted molar refractivity (Wildman–Crippen MR) is 75.2 cm³/mol. The second kappa shape index (κ2) is 4.85. The zero-order valence-corrected chi connectivity index (χ0v) is 12.1. The molecule has 9 heteroatoms. The predicted octanol–water partition coefficient (Wildman–Crippen LogP) is 2.40. The Morgan fingerprint density at radius 2 is 2.00 bits per heavy atom. The molecule has 2 heterocycles. The van der Waals surface area contributed by atoms with E-state index in [1.54, 1.807) is 13.1 Å². The molecular formula is C13H15F3N6. The van der Waals surface area contributed by atoms with Crippen molar-refractivity contribution in [3.8, 4) is 11.4 Å². The Labute approximate surface area is 124 Å². The fourth-order valence-electron chi connectivity index (χ4n) is 2.40. The van der Waals surface area contributed by atoms with Crippen molar-refractivity contribution in [1.29, 1.82) is 0 Å². The topological polar surface area (TPSA) is 81.7 Å². The second-order valence-electron chi connectivity index (χ2n) is 5.25. The van der Waals surface area contributed by atoms with Gasteiger partial charge in [-0.1, -0.05) is 0 Å². The molecule has 3 rings (SSSR count). The van der Waals surface area contributed by atoms with Crippen molar-refractivity contribution < 1.29 is 13.2 Å². The minimum absolute atomic E-state index is 0.221. The lowest BCUT2D eigenvalue weighted by Crippen LogP contribution is -2.16. The van der Waals surface area contributed by atoms with Gasteiger partial charge in [0.2, 0.25) is 5.95 Å². The van der Waals surface area contributed by atoms with Crippen LogP contribution in [0.15, 0.2) is 6.07 Å². The third kappa shape index (κ3) is 2.46. The lowest BCUT2D eigenvalue weighted by Gasteiger charge is -2.16. The number of halogens is 3. The zero-order chi connectivity index (χ0) is 16.1. The van der Waals surface area contributed by atoms with E-state index < -0.39 is 11.7 Å². The fraction of sp³-hybridized carbons (Fsp3) is 0.462. The van der Waals surface area contributed by atoms with Crippen molar-refractivity contribution in [2.45, 2.75) is 24.9 Å². The van der Waals surface area contributed by atoms with Gasteiger partial charge in [-0.25, -0.2) is 4.98 Å². The molecule has 0 amide bonds. The maximum atomic E-state index is 13.4. The van der Waals surface area contributed by atoms with Crippen LogP contribution in [-0.4, -0.2) is 26.8 Å². The summed E-state index contributed by atoms with van der Waals surface area (Å²) in [6.07, 6.45) is -2.59. The van der Waals surface area contributed by atoms with Gasteiger partial charge in [-0.05, 0) is 18.9 Å². The average Bonchev–Trinajstić information content (AvgIpc) is 3.19. The van der Waals surface area contributed by atoms with Crippen molar-refractivity contribution in [1.82, 2.24) is 19.7 Å². The molecule has 22 heavy (non-hydrogen) atoms. The van der Waals surface area contributed by atoms with E-state index in [2.05, 4.69) is 20.4 Å². The van der Waals surface area contributed by atoms with E-state index in [1.165, 1.54) is 11.7 Å². The van der Waals surface area contributed by atoms with Crippen LogP contribution in [0.5, 0.6) is 0 Å². The molecule has 0 saturated heterocycles. The Hall–Kier alpha value is -2.32. The third-order valence-electron chi connectivity index (χ3n) is 3.58. The summed E-state index contributed by atoms with van der Waals surface area (Å²) >= 11 is 0. The van der Waals surface area contributed by atoms with Crippen LogP contribution in [0.25, 0.3) is 11.4 Å². The molecule has 1 aliphatic rings. The summed E-state index contributed by atoms with van der Waals surface area (Å²) in [5.41, 5.74) is 5.42. The number of aryl methyl sites for hydroxylation is 1. The number of nitrogens with one attached hydrogen (secondary N) is 1. The maximum absolute atomic E-state index is 13.4. The van der Waals surface area contributed by atoms with Crippen LogP contribution in [0, 0.1) is 0 Å². The number of hydrogen-bond acceptors (Lipinski definition) is 5. The van der Waals surface area contributed by atoms with E-state index in [-0.39, 0.29) is 23.2 Å². The number of aromatic nitrogens is 4. The van der Waals surface area contributed by atoms with Gasteiger partial charge in [-0.2, -0.15) is 23.3 Å². The normalized spacial score (nSPS) is 15.1. The van der Waals surface area contributed by atoms with Crippen molar-refractivity contribution in [3.63, 3.8) is 0 Å². The van der Waals surface area contributed by atoms with Crippen LogP contribution < -0.4 is 11.1 Å². The van der Waals surface area contributed by atoms with Gasteiger partial charge >= 0.3 is 6.18 Å². The number of nitrogens with two attached hydrogens (primary N) is 1. The summed E-state index contributed by atoms with van der Waals surface area (Å²) < 4.78 is 41.7. The van der Waals surface area contributed by atoms with Gasteiger partial charge in [0.05, 0.1) is 11.4 Å². The van der Waals surface area contributed by atoms with Crippen molar-refractivity contribution in [2.24, 2.45) is 7.05 Å². The summed E-state index contributed by atoms with van der Waals surface area (Å²) in [6.45, 7) is 0. The van der Waals surface area contributed by atoms with E-state index in [0.29, 0.717) is 5.92 Å². The molecule has 2 aromatic heterocycles. The molecule has 1 saturated carbocycles. The molecule has 6 nitrogen and oxygen atoms in total. The molecule has 0 atom stereocenters. The summed E-state index contributed by atoms with van der Waals surface area (Å²) in [5, 5.41) is 6.72. The minimum Gasteiger partial charge on any atom is -0.372 e. The molecule has 0 bridgehead atoms. The lowest BCUT2D eigenvalue weighted by molar-refractivity contribution is -0.136. The highest BCUT2D eigenvalue weighted by molar-refractivity contribution is 5.69. The summed E-state index contributed by atoms with van der Waals surface area (Å²) in [4.78, 5) is 7.45. The number of nitrogen functional groups attached to an aromatic ring is 1. The molecule has 0 aliphatic heterocycles. The second-order valence-corrected chi connectivity index (χ2v) is 5.25. The highest BCUT2D eigenvalue weighted by atomic mass is 19.4. The van der Waals surface area contributed by atoms with Crippen LogP contribution in [0.2, 0.25) is 0 Å². The van der Waals surface area contributed by atoms with E-state index in [4.69, 9.17) is 5.73 Å². The number of anilines is 2. The van der Waals surface area contributed by atoms with Gasteiger partial charge < -0.3 is 11.1 Å². The molecule has 2 aromatic rings. The molecule has 1 aliphatic carbocycles. The van der Waals surface area contributed by atoms with Gasteiger partial charge in [-0.15, -0.1) is 0 Å². The Morgan fingerprint density at radius 1 is 1.32 bits per heavy atom. The molecule has 1 fully saturated rings. The number of rotatable bonds is 3. The Morgan fingerprint density at radius 3 is 2.55 bits per heavy atom. The van der Waals surface area contributed by atoms with E-state index >= 15 is 0 Å². The van der Waals surface area contributed by atoms with E-state index in [9.17, 15) is 13.2 Å².